The zero-order chi connectivity index (χ0) is 12.1. The molecule has 0 aromatic carbocycles. The van der Waals surface area contributed by atoms with E-state index in [1.807, 2.05) is 11.3 Å². The molecule has 0 N–H and O–H groups in total. The molecule has 2 aliphatic rings. The van der Waals surface area contributed by atoms with Crippen LogP contribution in [0, 0.1) is 0 Å². The van der Waals surface area contributed by atoms with Crippen molar-refractivity contribution in [1.82, 2.24) is 14.7 Å². The molecule has 0 atom stereocenters. The van der Waals surface area contributed by atoms with Crippen molar-refractivity contribution in [2.24, 2.45) is 0 Å². The van der Waals surface area contributed by atoms with Gasteiger partial charge in [0.15, 0.2) is 0 Å². The SMILES string of the molecule is O=[C]N1CCN(CC(=O)N2CCOCC2)CC1. The second-order valence-electron chi connectivity index (χ2n) is 4.35. The Morgan fingerprint density at radius 2 is 1.71 bits per heavy atom. The molecule has 0 saturated carbocycles. The summed E-state index contributed by atoms with van der Waals surface area (Å²) in [7, 11) is 0. The van der Waals surface area contributed by atoms with Gasteiger partial charge in [-0.05, 0) is 0 Å². The van der Waals surface area contributed by atoms with E-state index in [1.54, 1.807) is 4.90 Å². The fourth-order valence-corrected chi connectivity index (χ4v) is 2.10. The number of amides is 2. The van der Waals surface area contributed by atoms with Crippen molar-refractivity contribution in [3.8, 4) is 0 Å². The van der Waals surface area contributed by atoms with Gasteiger partial charge in [0, 0.05) is 39.3 Å². The van der Waals surface area contributed by atoms with E-state index < -0.39 is 0 Å². The van der Waals surface area contributed by atoms with Crippen molar-refractivity contribution >= 4 is 12.3 Å². The lowest BCUT2D eigenvalue weighted by Crippen LogP contribution is -2.51. The number of hydrogen-bond donors (Lipinski definition) is 0. The van der Waals surface area contributed by atoms with Crippen LogP contribution in [-0.4, -0.2) is 86.0 Å². The van der Waals surface area contributed by atoms with Crippen LogP contribution in [0.2, 0.25) is 0 Å². The summed E-state index contributed by atoms with van der Waals surface area (Å²) in [5, 5.41) is 0. The first-order valence-corrected chi connectivity index (χ1v) is 6.00. The van der Waals surface area contributed by atoms with Gasteiger partial charge < -0.3 is 14.5 Å². The molecule has 0 aromatic rings. The van der Waals surface area contributed by atoms with Crippen LogP contribution < -0.4 is 0 Å². The highest BCUT2D eigenvalue weighted by Crippen LogP contribution is 2.03. The smallest absolute Gasteiger partial charge is 0.312 e. The highest BCUT2D eigenvalue weighted by atomic mass is 16.5. The van der Waals surface area contributed by atoms with Crippen molar-refractivity contribution in [3.05, 3.63) is 0 Å². The van der Waals surface area contributed by atoms with E-state index in [1.165, 1.54) is 0 Å². The summed E-state index contributed by atoms with van der Waals surface area (Å²) in [6, 6.07) is 0. The lowest BCUT2D eigenvalue weighted by molar-refractivity contribution is -0.136. The quantitative estimate of drug-likeness (QED) is 0.604. The first-order valence-electron chi connectivity index (χ1n) is 6.00. The van der Waals surface area contributed by atoms with Crippen molar-refractivity contribution in [1.29, 1.82) is 0 Å². The van der Waals surface area contributed by atoms with Gasteiger partial charge in [-0.1, -0.05) is 0 Å². The fourth-order valence-electron chi connectivity index (χ4n) is 2.10. The number of morpholine rings is 1. The Kier molecular flexibility index (Phi) is 4.33. The molecular weight excluding hydrogens is 222 g/mol. The third kappa shape index (κ3) is 3.41. The van der Waals surface area contributed by atoms with Gasteiger partial charge in [0.25, 0.3) is 0 Å². The molecule has 6 nitrogen and oxygen atoms in total. The summed E-state index contributed by atoms with van der Waals surface area (Å²) in [6.07, 6.45) is 1.89. The number of piperazine rings is 1. The van der Waals surface area contributed by atoms with Crippen LogP contribution in [-0.2, 0) is 14.3 Å². The van der Waals surface area contributed by atoms with E-state index in [9.17, 15) is 9.59 Å². The van der Waals surface area contributed by atoms with Crippen LogP contribution >= 0.6 is 0 Å². The van der Waals surface area contributed by atoms with Crippen LogP contribution in [0.5, 0.6) is 0 Å². The van der Waals surface area contributed by atoms with Crippen LogP contribution in [0.3, 0.4) is 0 Å². The number of carbonyl (C=O) groups excluding carboxylic acids is 2. The highest BCUT2D eigenvalue weighted by Gasteiger charge is 2.22. The maximum atomic E-state index is 12.0. The van der Waals surface area contributed by atoms with Gasteiger partial charge in [-0.15, -0.1) is 0 Å². The van der Waals surface area contributed by atoms with E-state index >= 15 is 0 Å². The van der Waals surface area contributed by atoms with Crippen LogP contribution in [0.25, 0.3) is 0 Å². The van der Waals surface area contributed by atoms with Gasteiger partial charge >= 0.3 is 6.41 Å². The van der Waals surface area contributed by atoms with Crippen molar-refractivity contribution in [3.63, 3.8) is 0 Å². The van der Waals surface area contributed by atoms with E-state index in [0.717, 1.165) is 13.1 Å². The summed E-state index contributed by atoms with van der Waals surface area (Å²) in [5.74, 6) is 0.164. The predicted octanol–water partition coefficient (Wildman–Crippen LogP) is -1.47. The lowest BCUT2D eigenvalue weighted by Gasteiger charge is -2.34. The van der Waals surface area contributed by atoms with Gasteiger partial charge in [-0.25, -0.2) is 0 Å². The minimum absolute atomic E-state index is 0.164. The molecule has 6 heteroatoms. The molecule has 17 heavy (non-hydrogen) atoms. The third-order valence-electron chi connectivity index (χ3n) is 3.22. The molecule has 1 radical (unpaired) electrons. The summed E-state index contributed by atoms with van der Waals surface area (Å²) < 4.78 is 5.21. The first-order chi connectivity index (χ1) is 8.29. The second-order valence-corrected chi connectivity index (χ2v) is 4.35. The zero-order valence-corrected chi connectivity index (χ0v) is 9.93. The minimum atomic E-state index is 0.164. The van der Waals surface area contributed by atoms with Gasteiger partial charge in [0.2, 0.25) is 5.91 Å². The van der Waals surface area contributed by atoms with E-state index in [-0.39, 0.29) is 5.91 Å². The minimum Gasteiger partial charge on any atom is -0.378 e. The van der Waals surface area contributed by atoms with Crippen molar-refractivity contribution in [2.75, 3.05) is 59.0 Å². The monoisotopic (exact) mass is 240 g/mol. The molecule has 0 unspecified atom stereocenters. The van der Waals surface area contributed by atoms with Crippen LogP contribution in [0.15, 0.2) is 0 Å². The summed E-state index contributed by atoms with van der Waals surface area (Å²) in [6.45, 7) is 5.96. The standard InChI is InChI=1S/C11H18N3O3/c15-10-13-3-1-12(2-4-13)9-11(16)14-5-7-17-8-6-14/h1-9H2. The average molecular weight is 240 g/mol. The van der Waals surface area contributed by atoms with Gasteiger partial charge in [0.1, 0.15) is 0 Å². The Morgan fingerprint density at radius 1 is 1.06 bits per heavy atom. The number of carbonyl (C=O) groups is 1. The molecule has 2 rings (SSSR count). The van der Waals surface area contributed by atoms with Gasteiger partial charge in [-0.2, -0.15) is 0 Å². The molecule has 0 aliphatic carbocycles. The van der Waals surface area contributed by atoms with Gasteiger partial charge in [-0.3, -0.25) is 14.5 Å². The molecule has 2 amide bonds. The van der Waals surface area contributed by atoms with E-state index in [2.05, 4.69) is 4.90 Å². The topological polar surface area (TPSA) is 53.1 Å². The van der Waals surface area contributed by atoms with E-state index in [0.29, 0.717) is 45.9 Å². The fraction of sp³-hybridized carbons (Fsp3) is 0.818. The number of nitrogens with zero attached hydrogens (tertiary/aromatic N) is 3. The van der Waals surface area contributed by atoms with Gasteiger partial charge in [0.05, 0.1) is 19.8 Å². The molecule has 2 saturated heterocycles. The summed E-state index contributed by atoms with van der Waals surface area (Å²) >= 11 is 0. The Balaban J connectivity index is 1.73. The third-order valence-corrected chi connectivity index (χ3v) is 3.22. The molecule has 0 bridgehead atoms. The number of ether oxygens (including phenoxy) is 1. The largest absolute Gasteiger partial charge is 0.378 e. The maximum absolute atomic E-state index is 12.0. The number of rotatable bonds is 3. The molecule has 2 fully saturated rings. The molecule has 95 valence electrons. The Hall–Kier alpha value is -1.14. The maximum Gasteiger partial charge on any atom is 0.312 e. The Bertz CT molecular complexity index is 271. The zero-order valence-electron chi connectivity index (χ0n) is 9.93. The van der Waals surface area contributed by atoms with Crippen molar-refractivity contribution in [2.45, 2.75) is 0 Å². The predicted molar refractivity (Wildman–Crippen MR) is 61.1 cm³/mol. The lowest BCUT2D eigenvalue weighted by atomic mass is 10.3. The Morgan fingerprint density at radius 3 is 2.29 bits per heavy atom. The molecule has 0 spiro atoms. The molecule has 2 aliphatic heterocycles. The average Bonchev–Trinajstić information content (AvgIpc) is 2.40. The summed E-state index contributed by atoms with van der Waals surface area (Å²) in [5.41, 5.74) is 0. The first kappa shape index (κ1) is 12.3. The molecule has 0 aromatic heterocycles. The highest BCUT2D eigenvalue weighted by molar-refractivity contribution is 5.78. The second kappa shape index (κ2) is 5.97. The van der Waals surface area contributed by atoms with E-state index in [4.69, 9.17) is 4.74 Å². The molecular formula is C11H18N3O3. The number of hydrogen-bond acceptors (Lipinski definition) is 4. The van der Waals surface area contributed by atoms with Crippen LogP contribution in [0.4, 0.5) is 0 Å². The Labute approximate surface area is 101 Å². The van der Waals surface area contributed by atoms with Crippen molar-refractivity contribution < 1.29 is 14.3 Å². The van der Waals surface area contributed by atoms with Crippen LogP contribution in [0.1, 0.15) is 0 Å². The molecule has 2 heterocycles. The normalized spacial score (nSPS) is 22.6. The summed E-state index contributed by atoms with van der Waals surface area (Å²) in [4.78, 5) is 27.9.